The molecule has 0 aliphatic carbocycles. The average molecular weight is 431 g/mol. The van der Waals surface area contributed by atoms with Crippen molar-refractivity contribution in [3.8, 4) is 0 Å². The van der Waals surface area contributed by atoms with Gasteiger partial charge in [-0.15, -0.1) is 0 Å². The maximum absolute atomic E-state index is 14.6. The highest BCUT2D eigenvalue weighted by Crippen LogP contribution is 2.22. The van der Waals surface area contributed by atoms with E-state index in [1.54, 1.807) is 41.4 Å². The number of carbonyl (C=O) groups excluding carboxylic acids is 2. The third-order valence-corrected chi connectivity index (χ3v) is 5.07. The predicted molar refractivity (Wildman–Crippen MR) is 121 cm³/mol. The molecule has 0 radical (unpaired) electrons. The molecule has 0 bridgehead atoms. The van der Waals surface area contributed by atoms with Gasteiger partial charge < -0.3 is 15.5 Å². The average Bonchev–Trinajstić information content (AvgIpc) is 3.61. The van der Waals surface area contributed by atoms with E-state index in [2.05, 4.69) is 15.6 Å². The molecule has 2 heterocycles. The number of amidine groups is 1. The van der Waals surface area contributed by atoms with Crippen molar-refractivity contribution in [3.05, 3.63) is 88.4 Å². The van der Waals surface area contributed by atoms with E-state index in [-0.39, 0.29) is 22.6 Å². The first-order valence-electron chi connectivity index (χ1n) is 10.1. The summed E-state index contributed by atoms with van der Waals surface area (Å²) in [5.41, 5.74) is 2.53. The van der Waals surface area contributed by atoms with E-state index in [1.165, 1.54) is 12.1 Å². The van der Waals surface area contributed by atoms with E-state index in [1.807, 2.05) is 19.9 Å². The minimum Gasteiger partial charge on any atom is -0.353 e. The van der Waals surface area contributed by atoms with Gasteiger partial charge in [-0.3, -0.25) is 15.0 Å². The lowest BCUT2D eigenvalue weighted by Gasteiger charge is -2.13. The number of pyridine rings is 1. The summed E-state index contributed by atoms with van der Waals surface area (Å²) in [7, 11) is 0. The lowest BCUT2D eigenvalue weighted by molar-refractivity contribution is 0.102. The van der Waals surface area contributed by atoms with Crippen LogP contribution in [0.4, 0.5) is 15.9 Å². The van der Waals surface area contributed by atoms with E-state index in [4.69, 9.17) is 5.41 Å². The maximum Gasteiger partial charge on any atom is 0.258 e. The van der Waals surface area contributed by atoms with Crippen LogP contribution in [0.1, 0.15) is 37.4 Å². The Morgan fingerprint density at radius 2 is 1.66 bits per heavy atom. The van der Waals surface area contributed by atoms with Crippen LogP contribution < -0.4 is 10.6 Å². The molecular weight excluding hydrogens is 409 g/mol. The summed E-state index contributed by atoms with van der Waals surface area (Å²) < 4.78 is 14.6. The molecule has 1 saturated heterocycles. The van der Waals surface area contributed by atoms with E-state index >= 15 is 0 Å². The Morgan fingerprint density at radius 3 is 2.31 bits per heavy atom. The molecule has 162 valence electrons. The van der Waals surface area contributed by atoms with Gasteiger partial charge in [-0.2, -0.15) is 0 Å². The molecule has 2 aromatic carbocycles. The summed E-state index contributed by atoms with van der Waals surface area (Å²) >= 11 is 0. The highest BCUT2D eigenvalue weighted by molar-refractivity contribution is 6.12. The second-order valence-electron chi connectivity index (χ2n) is 7.71. The summed E-state index contributed by atoms with van der Waals surface area (Å²) in [5.74, 6) is -1.23. The van der Waals surface area contributed by atoms with Crippen LogP contribution in [0.3, 0.4) is 0 Å². The van der Waals surface area contributed by atoms with Crippen molar-refractivity contribution in [2.45, 2.75) is 13.8 Å². The second-order valence-corrected chi connectivity index (χ2v) is 7.71. The highest BCUT2D eigenvalue weighted by Gasteiger charge is 2.24. The van der Waals surface area contributed by atoms with Crippen molar-refractivity contribution in [1.82, 2.24) is 9.88 Å². The fourth-order valence-corrected chi connectivity index (χ4v) is 3.17. The molecule has 4 rings (SSSR count). The smallest absolute Gasteiger partial charge is 0.258 e. The monoisotopic (exact) mass is 431 g/mol. The minimum absolute atomic E-state index is 0.167. The van der Waals surface area contributed by atoms with Crippen molar-refractivity contribution in [2.24, 2.45) is 0 Å². The number of aromatic nitrogens is 1. The van der Waals surface area contributed by atoms with Gasteiger partial charge in [-0.1, -0.05) is 23.8 Å². The second kappa shape index (κ2) is 8.58. The number of benzene rings is 2. The molecule has 3 aromatic rings. The molecule has 3 N–H and O–H groups in total. The lowest BCUT2D eigenvalue weighted by atomic mass is 10.1. The first-order valence-corrected chi connectivity index (χ1v) is 10.1. The molecule has 1 aromatic heterocycles. The van der Waals surface area contributed by atoms with Crippen LogP contribution in [-0.4, -0.2) is 40.6 Å². The van der Waals surface area contributed by atoms with Crippen LogP contribution in [0.25, 0.3) is 0 Å². The van der Waals surface area contributed by atoms with Gasteiger partial charge in [0.2, 0.25) is 0 Å². The van der Waals surface area contributed by atoms with E-state index in [9.17, 15) is 14.0 Å². The molecule has 1 fully saturated rings. The molecule has 0 unspecified atom stereocenters. The summed E-state index contributed by atoms with van der Waals surface area (Å²) in [4.78, 5) is 31.6. The summed E-state index contributed by atoms with van der Waals surface area (Å²) in [5, 5.41) is 13.3. The summed E-state index contributed by atoms with van der Waals surface area (Å²) in [6.45, 7) is 5.28. The number of anilines is 2. The zero-order chi connectivity index (χ0) is 22.8. The van der Waals surface area contributed by atoms with Gasteiger partial charge in [-0.05, 0) is 49.7 Å². The largest absolute Gasteiger partial charge is 0.353 e. The Bertz CT molecular complexity index is 1220. The van der Waals surface area contributed by atoms with Gasteiger partial charge in [0, 0.05) is 24.8 Å². The van der Waals surface area contributed by atoms with Gasteiger partial charge in [0.05, 0.1) is 16.8 Å². The molecule has 1 aliphatic heterocycles. The van der Waals surface area contributed by atoms with Crippen LogP contribution >= 0.6 is 0 Å². The first kappa shape index (κ1) is 21.2. The van der Waals surface area contributed by atoms with Crippen LogP contribution in [-0.2, 0) is 0 Å². The number of nitrogens with zero attached hydrogens (tertiary/aromatic N) is 2. The van der Waals surface area contributed by atoms with Crippen LogP contribution in [0.2, 0.25) is 0 Å². The molecule has 7 nitrogen and oxygen atoms in total. The number of rotatable bonds is 5. The SMILES string of the molecule is Cc1ccc(NC(=O)c2cc(C)ccc2NC(=O)c2ccc(C(=N)N3CC3)cc2F)nc1. The predicted octanol–water partition coefficient (Wildman–Crippen LogP) is 3.98. The molecule has 0 saturated carbocycles. The fraction of sp³-hybridized carbons (Fsp3) is 0.167. The van der Waals surface area contributed by atoms with Crippen molar-refractivity contribution in [2.75, 3.05) is 23.7 Å². The highest BCUT2D eigenvalue weighted by atomic mass is 19.1. The first-order chi connectivity index (χ1) is 15.3. The van der Waals surface area contributed by atoms with Crippen molar-refractivity contribution >= 4 is 29.2 Å². The molecule has 0 atom stereocenters. The number of hydrogen-bond donors (Lipinski definition) is 3. The van der Waals surface area contributed by atoms with Crippen molar-refractivity contribution in [3.63, 3.8) is 0 Å². The summed E-state index contributed by atoms with van der Waals surface area (Å²) in [6.07, 6.45) is 1.64. The van der Waals surface area contributed by atoms with Gasteiger partial charge in [0.25, 0.3) is 11.8 Å². The zero-order valence-electron chi connectivity index (χ0n) is 17.7. The van der Waals surface area contributed by atoms with Crippen LogP contribution in [0.5, 0.6) is 0 Å². The molecular formula is C24H22FN5O2. The van der Waals surface area contributed by atoms with Gasteiger partial charge in [0.1, 0.15) is 17.5 Å². The Morgan fingerprint density at radius 1 is 0.938 bits per heavy atom. The molecule has 0 spiro atoms. The molecule has 8 heteroatoms. The van der Waals surface area contributed by atoms with Crippen LogP contribution in [0, 0.1) is 25.1 Å². The summed E-state index contributed by atoms with van der Waals surface area (Å²) in [6, 6.07) is 12.6. The zero-order valence-corrected chi connectivity index (χ0v) is 17.7. The van der Waals surface area contributed by atoms with Gasteiger partial charge in [0.15, 0.2) is 0 Å². The minimum atomic E-state index is -0.728. The molecule has 1 aliphatic rings. The number of hydrogen-bond acceptors (Lipinski definition) is 4. The number of carbonyl (C=O) groups is 2. The third-order valence-electron chi connectivity index (χ3n) is 5.07. The quantitative estimate of drug-likeness (QED) is 0.323. The Hall–Kier alpha value is -4.07. The Labute approximate surface area is 184 Å². The standard InChI is InChI=1S/C24H22FN5O2/c1-14-3-7-20(18(11-14)24(32)29-21-8-4-15(2)13-27-21)28-23(31)17-6-5-16(12-19(17)25)22(26)30-9-10-30/h3-8,11-13,26H,9-10H2,1-2H3,(H,28,31)(H,27,29,32). The maximum atomic E-state index is 14.6. The van der Waals surface area contributed by atoms with Gasteiger partial charge in [-0.25, -0.2) is 9.37 Å². The topological polar surface area (TPSA) is 98.0 Å². The van der Waals surface area contributed by atoms with Crippen molar-refractivity contribution in [1.29, 1.82) is 5.41 Å². The molecule has 32 heavy (non-hydrogen) atoms. The third kappa shape index (κ3) is 4.64. The number of nitrogens with one attached hydrogen (secondary N) is 3. The number of aryl methyl sites for hydroxylation is 2. The molecule has 2 amide bonds. The van der Waals surface area contributed by atoms with Crippen LogP contribution in [0.15, 0.2) is 54.7 Å². The van der Waals surface area contributed by atoms with Crippen molar-refractivity contribution < 1.29 is 14.0 Å². The number of amides is 2. The number of halogens is 1. The fourth-order valence-electron chi connectivity index (χ4n) is 3.17. The lowest BCUT2D eigenvalue weighted by Crippen LogP contribution is -2.20. The Kier molecular flexibility index (Phi) is 5.68. The Balaban J connectivity index is 1.55. The van der Waals surface area contributed by atoms with E-state index in [0.717, 1.165) is 24.2 Å². The van der Waals surface area contributed by atoms with E-state index < -0.39 is 17.6 Å². The normalized spacial score (nSPS) is 12.3. The van der Waals surface area contributed by atoms with E-state index in [0.29, 0.717) is 11.4 Å². The van der Waals surface area contributed by atoms with Gasteiger partial charge >= 0.3 is 0 Å².